The van der Waals surface area contributed by atoms with Crippen molar-refractivity contribution < 1.29 is 22.8 Å². The Morgan fingerprint density at radius 2 is 1.74 bits per heavy atom. The van der Waals surface area contributed by atoms with Gasteiger partial charge >= 0.3 is 12.2 Å². The average Bonchev–Trinajstić information content (AvgIpc) is 3.12. The molecule has 3 saturated carbocycles. The minimum absolute atomic E-state index is 0.0120. The number of nitrogens with one attached hydrogen (secondary N) is 2. The Balaban J connectivity index is 1.27. The van der Waals surface area contributed by atoms with Crippen LogP contribution in [0.2, 0.25) is 0 Å². The van der Waals surface area contributed by atoms with E-state index in [9.17, 15) is 22.8 Å². The van der Waals surface area contributed by atoms with Gasteiger partial charge in [0, 0.05) is 30.2 Å². The largest absolute Gasteiger partial charge is 0.416 e. The summed E-state index contributed by atoms with van der Waals surface area (Å²) in [5, 5.41) is 5.85. The number of anilines is 1. The maximum absolute atomic E-state index is 12.8. The summed E-state index contributed by atoms with van der Waals surface area (Å²) >= 11 is 0. The fourth-order valence-electron chi connectivity index (χ4n) is 8.04. The number of nitrogens with zero attached hydrogens (tertiary/aromatic N) is 1. The first-order valence-corrected chi connectivity index (χ1v) is 12.6. The lowest BCUT2D eigenvalue weighted by atomic mass is 9.48. The number of likely N-dealkylation sites (N-methyl/N-ethyl adjacent to an activating group) is 1. The highest BCUT2D eigenvalue weighted by Crippen LogP contribution is 2.63. The van der Waals surface area contributed by atoms with E-state index in [0.717, 1.165) is 50.7 Å². The topological polar surface area (TPSA) is 61.4 Å². The van der Waals surface area contributed by atoms with E-state index < -0.39 is 11.7 Å². The van der Waals surface area contributed by atoms with Gasteiger partial charge in [-0.25, -0.2) is 4.79 Å². The number of urea groups is 1. The van der Waals surface area contributed by atoms with Crippen molar-refractivity contribution >= 4 is 17.6 Å². The maximum atomic E-state index is 12.8. The fraction of sp³-hybridized carbons (Fsp3) is 0.630. The molecule has 0 aromatic heterocycles. The number of alkyl halides is 3. The molecule has 0 radical (unpaired) electrons. The second kappa shape index (κ2) is 8.27. The van der Waals surface area contributed by atoms with Crippen molar-refractivity contribution in [1.29, 1.82) is 0 Å². The number of fused-ring (bicyclic) bond motifs is 5. The number of halogens is 3. The fourth-order valence-corrected chi connectivity index (χ4v) is 8.04. The van der Waals surface area contributed by atoms with Crippen LogP contribution in [0.5, 0.6) is 0 Å². The number of rotatable bonds is 2. The van der Waals surface area contributed by atoms with E-state index in [1.165, 1.54) is 12.1 Å². The third-order valence-corrected chi connectivity index (χ3v) is 9.90. The number of carbonyl (C=O) groups excluding carboxylic acids is 2. The lowest BCUT2D eigenvalue weighted by Gasteiger charge is -2.60. The average molecular weight is 490 g/mol. The van der Waals surface area contributed by atoms with Gasteiger partial charge in [0.2, 0.25) is 5.91 Å². The molecule has 3 fully saturated rings. The van der Waals surface area contributed by atoms with Crippen molar-refractivity contribution in [1.82, 2.24) is 10.2 Å². The number of benzene rings is 1. The molecule has 3 amide bonds. The molecule has 35 heavy (non-hydrogen) atoms. The monoisotopic (exact) mass is 489 g/mol. The molecule has 0 spiro atoms. The summed E-state index contributed by atoms with van der Waals surface area (Å²) in [5.74, 6) is 1.68. The molecule has 190 valence electrons. The van der Waals surface area contributed by atoms with Gasteiger partial charge < -0.3 is 15.5 Å². The molecule has 0 bridgehead atoms. The van der Waals surface area contributed by atoms with Crippen molar-refractivity contribution in [2.45, 2.75) is 70.6 Å². The Hall–Kier alpha value is -2.51. The summed E-state index contributed by atoms with van der Waals surface area (Å²) in [7, 11) is 1.92. The normalized spacial score (nSPS) is 38.4. The van der Waals surface area contributed by atoms with Crippen molar-refractivity contribution in [3.8, 4) is 0 Å². The van der Waals surface area contributed by atoms with Gasteiger partial charge in [0.25, 0.3) is 0 Å². The smallest absolute Gasteiger partial charge is 0.338 e. The maximum Gasteiger partial charge on any atom is 0.416 e. The van der Waals surface area contributed by atoms with Gasteiger partial charge in [0.1, 0.15) is 0 Å². The van der Waals surface area contributed by atoms with Crippen LogP contribution in [0.3, 0.4) is 0 Å². The molecular weight excluding hydrogens is 455 g/mol. The summed E-state index contributed by atoms with van der Waals surface area (Å²) in [5.41, 5.74) is -0.425. The quantitative estimate of drug-likeness (QED) is 0.549. The third-order valence-electron chi connectivity index (χ3n) is 9.90. The Kier molecular flexibility index (Phi) is 5.72. The second-order valence-corrected chi connectivity index (χ2v) is 11.5. The van der Waals surface area contributed by atoms with Crippen LogP contribution >= 0.6 is 0 Å². The molecule has 3 aliphatic carbocycles. The Morgan fingerprint density at radius 3 is 2.43 bits per heavy atom. The van der Waals surface area contributed by atoms with Crippen LogP contribution in [0.15, 0.2) is 36.4 Å². The van der Waals surface area contributed by atoms with Crippen molar-refractivity contribution in [2.75, 3.05) is 12.4 Å². The lowest BCUT2D eigenvalue weighted by Crippen LogP contribution is -2.60. The van der Waals surface area contributed by atoms with E-state index in [1.54, 1.807) is 6.08 Å². The minimum Gasteiger partial charge on any atom is -0.338 e. The molecular formula is C27H34F3N3O2. The van der Waals surface area contributed by atoms with Crippen LogP contribution in [0.25, 0.3) is 0 Å². The molecule has 5 nitrogen and oxygen atoms in total. The van der Waals surface area contributed by atoms with E-state index in [1.807, 2.05) is 11.9 Å². The molecule has 1 aromatic carbocycles. The summed E-state index contributed by atoms with van der Waals surface area (Å²) in [4.78, 5) is 27.0. The minimum atomic E-state index is -4.40. The van der Waals surface area contributed by atoms with E-state index >= 15 is 0 Å². The predicted molar refractivity (Wildman–Crippen MR) is 127 cm³/mol. The van der Waals surface area contributed by atoms with Crippen LogP contribution in [-0.2, 0) is 11.0 Å². The van der Waals surface area contributed by atoms with Gasteiger partial charge in [-0.15, -0.1) is 0 Å². The second-order valence-electron chi connectivity index (χ2n) is 11.5. The highest BCUT2D eigenvalue weighted by Gasteiger charge is 2.60. The van der Waals surface area contributed by atoms with Crippen LogP contribution < -0.4 is 10.6 Å². The zero-order chi connectivity index (χ0) is 25.2. The summed E-state index contributed by atoms with van der Waals surface area (Å²) in [6.45, 7) is 4.61. The van der Waals surface area contributed by atoms with Gasteiger partial charge in [0.05, 0.1) is 5.56 Å². The number of hydrogen-bond acceptors (Lipinski definition) is 2. The Labute approximate surface area is 204 Å². The van der Waals surface area contributed by atoms with Gasteiger partial charge in [-0.2, -0.15) is 13.2 Å². The number of carbonyl (C=O) groups is 2. The first kappa shape index (κ1) is 24.2. The van der Waals surface area contributed by atoms with Gasteiger partial charge in [-0.3, -0.25) is 4.79 Å². The molecule has 1 heterocycles. The van der Waals surface area contributed by atoms with Gasteiger partial charge in [-0.1, -0.05) is 19.9 Å². The number of hydrogen-bond donors (Lipinski definition) is 2. The zero-order valence-electron chi connectivity index (χ0n) is 20.5. The van der Waals surface area contributed by atoms with Gasteiger partial charge in [0.15, 0.2) is 0 Å². The summed E-state index contributed by atoms with van der Waals surface area (Å²) < 4.78 is 38.4. The Bertz CT molecular complexity index is 1040. The molecule has 4 aliphatic rings. The zero-order valence-corrected chi connectivity index (χ0v) is 20.5. The SMILES string of the molecule is CN1C(=O)C=C[C@]2(C)C3CC[C@@]4(C)C(CC[C@@H]4NC(=O)Nc4ccc(C(F)(F)F)cc4)C3CC[C@@H]12. The van der Waals surface area contributed by atoms with Crippen LogP contribution in [-0.4, -0.2) is 36.0 Å². The third kappa shape index (κ3) is 3.93. The van der Waals surface area contributed by atoms with Crippen molar-refractivity contribution in [2.24, 2.45) is 28.6 Å². The highest BCUT2D eigenvalue weighted by molar-refractivity contribution is 5.89. The van der Waals surface area contributed by atoms with E-state index in [2.05, 4.69) is 30.6 Å². The standard InChI is InChI=1S/C27H34F3N3O2/c1-25-14-12-20-18(8-11-22-26(20,2)15-13-23(34)33(22)3)19(25)9-10-21(25)32-24(35)31-17-6-4-16(5-7-17)27(28,29)30/h4-7,13,15,18-22H,8-12,14H2,1-3H3,(H2,31,32,35)/t18?,19?,20?,21-,22+,25-,26+/m0/s1. The number of amides is 3. The molecule has 7 atom stereocenters. The van der Waals surface area contributed by atoms with Crippen LogP contribution in [0.4, 0.5) is 23.7 Å². The summed E-state index contributed by atoms with van der Waals surface area (Å²) in [6.07, 6.45) is 5.65. The lowest BCUT2D eigenvalue weighted by molar-refractivity contribution is -0.138. The van der Waals surface area contributed by atoms with E-state index in [0.29, 0.717) is 23.4 Å². The molecule has 5 rings (SSSR count). The molecule has 3 unspecified atom stereocenters. The molecule has 1 aliphatic heterocycles. The molecule has 8 heteroatoms. The Morgan fingerprint density at radius 1 is 1.03 bits per heavy atom. The molecule has 2 N–H and O–H groups in total. The predicted octanol–water partition coefficient (Wildman–Crippen LogP) is 5.83. The van der Waals surface area contributed by atoms with E-state index in [-0.39, 0.29) is 34.9 Å². The van der Waals surface area contributed by atoms with Crippen LogP contribution in [0.1, 0.15) is 57.9 Å². The van der Waals surface area contributed by atoms with Gasteiger partial charge in [-0.05, 0) is 92.0 Å². The first-order chi connectivity index (χ1) is 16.4. The first-order valence-electron chi connectivity index (χ1n) is 12.6. The van der Waals surface area contributed by atoms with Crippen LogP contribution in [0, 0.1) is 28.6 Å². The highest BCUT2D eigenvalue weighted by atomic mass is 19.4. The summed E-state index contributed by atoms with van der Waals surface area (Å²) in [6, 6.07) is 4.42. The molecule has 1 aromatic rings. The van der Waals surface area contributed by atoms with Crippen molar-refractivity contribution in [3.05, 3.63) is 42.0 Å². The molecule has 0 saturated heterocycles. The van der Waals surface area contributed by atoms with E-state index in [4.69, 9.17) is 0 Å². The van der Waals surface area contributed by atoms with Crippen molar-refractivity contribution in [3.63, 3.8) is 0 Å².